The summed E-state index contributed by atoms with van der Waals surface area (Å²) >= 11 is 0. The first kappa shape index (κ1) is 17.5. The molecule has 0 aliphatic carbocycles. The van der Waals surface area contributed by atoms with Crippen LogP contribution in [-0.4, -0.2) is 39.4 Å². The fourth-order valence-electron chi connectivity index (χ4n) is 3.54. The van der Waals surface area contributed by atoms with Crippen LogP contribution in [0.3, 0.4) is 0 Å². The Balaban J connectivity index is 1.43. The minimum Gasteiger partial charge on any atom is -0.507 e. The predicted octanol–water partition coefficient (Wildman–Crippen LogP) is 3.16. The molecule has 4 N–H and O–H groups in total. The van der Waals surface area contributed by atoms with Crippen LogP contribution in [0.15, 0.2) is 60.9 Å². The number of fused-ring (bicyclic) bond motifs is 3. The van der Waals surface area contributed by atoms with E-state index in [0.29, 0.717) is 13.0 Å². The number of rotatable bonds is 7. The van der Waals surface area contributed by atoms with E-state index in [0.717, 1.165) is 40.3 Å². The lowest BCUT2D eigenvalue weighted by atomic mass is 10.0. The van der Waals surface area contributed by atoms with Crippen molar-refractivity contribution in [3.05, 3.63) is 72.1 Å². The molecule has 5 heteroatoms. The number of aromatic nitrogens is 2. The van der Waals surface area contributed by atoms with Crippen molar-refractivity contribution in [2.24, 2.45) is 0 Å². The highest BCUT2D eigenvalue weighted by Crippen LogP contribution is 2.34. The van der Waals surface area contributed by atoms with Crippen molar-refractivity contribution in [3.8, 4) is 5.75 Å². The highest BCUT2D eigenvalue weighted by atomic mass is 16.3. The number of phenolic OH excluding ortho intramolecular Hbond substituents is 1. The molecule has 0 fully saturated rings. The van der Waals surface area contributed by atoms with E-state index in [1.54, 1.807) is 18.5 Å². The van der Waals surface area contributed by atoms with Crippen molar-refractivity contribution in [2.75, 3.05) is 13.1 Å². The minimum atomic E-state index is -0.499. The maximum Gasteiger partial charge on any atom is 0.125 e. The third-order valence-electron chi connectivity index (χ3n) is 4.90. The van der Waals surface area contributed by atoms with Crippen molar-refractivity contribution in [1.82, 2.24) is 15.3 Å². The number of nitrogens with one attached hydrogen (secondary N) is 2. The summed E-state index contributed by atoms with van der Waals surface area (Å²) in [5.41, 5.74) is 4.11. The van der Waals surface area contributed by atoms with Crippen molar-refractivity contribution < 1.29 is 10.2 Å². The maximum absolute atomic E-state index is 10.5. The van der Waals surface area contributed by atoms with E-state index in [2.05, 4.69) is 15.3 Å². The number of hydrogen-bond acceptors (Lipinski definition) is 4. The predicted molar refractivity (Wildman–Crippen MR) is 108 cm³/mol. The molecule has 5 nitrogen and oxygen atoms in total. The molecule has 4 rings (SSSR count). The standard InChI is InChI=1S/C22H23N3O2/c26-17(14-24-12-9-15-7-10-23-11-8-15)13-16-5-6-20(27)21-18-3-1-2-4-19(18)25-22(16)21/h1-8,10-11,17,24-27H,9,12-14H2. The molecule has 0 bridgehead atoms. The Morgan fingerprint density at radius 3 is 2.70 bits per heavy atom. The largest absolute Gasteiger partial charge is 0.507 e. The summed E-state index contributed by atoms with van der Waals surface area (Å²) in [4.78, 5) is 7.40. The van der Waals surface area contributed by atoms with E-state index >= 15 is 0 Å². The van der Waals surface area contributed by atoms with Crippen LogP contribution >= 0.6 is 0 Å². The van der Waals surface area contributed by atoms with Crippen molar-refractivity contribution >= 4 is 21.8 Å². The summed E-state index contributed by atoms with van der Waals surface area (Å²) in [6.45, 7) is 1.33. The first-order valence-electron chi connectivity index (χ1n) is 9.21. The number of para-hydroxylation sites is 1. The molecule has 2 aromatic carbocycles. The van der Waals surface area contributed by atoms with Gasteiger partial charge < -0.3 is 20.5 Å². The molecule has 2 heterocycles. The molecule has 27 heavy (non-hydrogen) atoms. The molecule has 0 saturated carbocycles. The van der Waals surface area contributed by atoms with Crippen LogP contribution in [0.2, 0.25) is 0 Å². The number of aliphatic hydroxyl groups is 1. The van der Waals surface area contributed by atoms with Crippen LogP contribution in [0, 0.1) is 0 Å². The molecule has 0 aliphatic rings. The van der Waals surface area contributed by atoms with Crippen molar-refractivity contribution in [1.29, 1.82) is 0 Å². The van der Waals surface area contributed by atoms with Gasteiger partial charge in [0.25, 0.3) is 0 Å². The Morgan fingerprint density at radius 2 is 1.85 bits per heavy atom. The zero-order valence-corrected chi connectivity index (χ0v) is 15.0. The maximum atomic E-state index is 10.5. The van der Waals surface area contributed by atoms with E-state index in [1.807, 2.05) is 42.5 Å². The molecule has 0 aliphatic heterocycles. The van der Waals surface area contributed by atoms with Crippen LogP contribution in [-0.2, 0) is 12.8 Å². The topological polar surface area (TPSA) is 81.2 Å². The summed E-state index contributed by atoms with van der Waals surface area (Å²) in [7, 11) is 0. The number of pyridine rings is 1. The Hall–Kier alpha value is -2.89. The monoisotopic (exact) mass is 361 g/mol. The van der Waals surface area contributed by atoms with Gasteiger partial charge in [0, 0.05) is 41.6 Å². The van der Waals surface area contributed by atoms with Crippen molar-refractivity contribution in [3.63, 3.8) is 0 Å². The van der Waals surface area contributed by atoms with Gasteiger partial charge in [-0.2, -0.15) is 0 Å². The van der Waals surface area contributed by atoms with Gasteiger partial charge in [0.1, 0.15) is 5.75 Å². The Morgan fingerprint density at radius 1 is 1.04 bits per heavy atom. The summed E-state index contributed by atoms with van der Waals surface area (Å²) in [6.07, 6.45) is 4.51. The lowest BCUT2D eigenvalue weighted by molar-refractivity contribution is 0.172. The average molecular weight is 361 g/mol. The van der Waals surface area contributed by atoms with E-state index in [4.69, 9.17) is 0 Å². The van der Waals surface area contributed by atoms with E-state index in [9.17, 15) is 10.2 Å². The summed E-state index contributed by atoms with van der Waals surface area (Å²) < 4.78 is 0. The molecular formula is C22H23N3O2. The second-order valence-electron chi connectivity index (χ2n) is 6.83. The SMILES string of the molecule is Oc1ccc(CC(O)CNCCc2ccncc2)c2[nH]c3ccccc3c12. The van der Waals surface area contributed by atoms with Gasteiger partial charge in [-0.1, -0.05) is 24.3 Å². The summed E-state index contributed by atoms with van der Waals surface area (Å²) in [5.74, 6) is 0.260. The molecule has 0 amide bonds. The van der Waals surface area contributed by atoms with E-state index in [1.165, 1.54) is 5.56 Å². The fourth-order valence-corrected chi connectivity index (χ4v) is 3.54. The number of benzene rings is 2. The zero-order chi connectivity index (χ0) is 18.6. The number of hydrogen-bond donors (Lipinski definition) is 4. The van der Waals surface area contributed by atoms with Crippen LogP contribution in [0.1, 0.15) is 11.1 Å². The van der Waals surface area contributed by atoms with Crippen LogP contribution in [0.25, 0.3) is 21.8 Å². The Kier molecular flexibility index (Phi) is 5.05. The van der Waals surface area contributed by atoms with Gasteiger partial charge in [-0.3, -0.25) is 4.98 Å². The molecule has 0 spiro atoms. The lowest BCUT2D eigenvalue weighted by Crippen LogP contribution is -2.29. The Bertz CT molecular complexity index is 1040. The van der Waals surface area contributed by atoms with E-state index in [-0.39, 0.29) is 5.75 Å². The number of nitrogens with zero attached hydrogens (tertiary/aromatic N) is 1. The zero-order valence-electron chi connectivity index (χ0n) is 15.0. The van der Waals surface area contributed by atoms with Gasteiger partial charge in [-0.25, -0.2) is 0 Å². The number of H-pyrrole nitrogens is 1. The molecule has 138 valence electrons. The van der Waals surface area contributed by atoms with Crippen LogP contribution < -0.4 is 5.32 Å². The van der Waals surface area contributed by atoms with Gasteiger partial charge in [-0.15, -0.1) is 0 Å². The molecule has 1 unspecified atom stereocenters. The average Bonchev–Trinajstić information content (AvgIpc) is 3.09. The van der Waals surface area contributed by atoms with Gasteiger partial charge in [0.2, 0.25) is 0 Å². The van der Waals surface area contributed by atoms with E-state index < -0.39 is 6.10 Å². The minimum absolute atomic E-state index is 0.260. The van der Waals surface area contributed by atoms with Crippen LogP contribution in [0.4, 0.5) is 0 Å². The first-order valence-corrected chi connectivity index (χ1v) is 9.21. The normalized spacial score (nSPS) is 12.6. The summed E-state index contributed by atoms with van der Waals surface area (Å²) in [6, 6.07) is 15.5. The van der Waals surface area contributed by atoms with Crippen LogP contribution in [0.5, 0.6) is 5.75 Å². The molecule has 0 radical (unpaired) electrons. The molecule has 2 aromatic heterocycles. The second kappa shape index (κ2) is 7.78. The van der Waals surface area contributed by atoms with Gasteiger partial charge in [-0.05, 0) is 48.4 Å². The number of aromatic hydroxyl groups is 1. The quantitative estimate of drug-likeness (QED) is 0.381. The molecular weight excluding hydrogens is 338 g/mol. The highest BCUT2D eigenvalue weighted by Gasteiger charge is 2.14. The third kappa shape index (κ3) is 3.79. The highest BCUT2D eigenvalue weighted by molar-refractivity contribution is 6.11. The third-order valence-corrected chi connectivity index (χ3v) is 4.90. The Labute approximate surface area is 157 Å². The molecule has 4 aromatic rings. The fraction of sp³-hybridized carbons (Fsp3) is 0.227. The lowest BCUT2D eigenvalue weighted by Gasteiger charge is -2.13. The van der Waals surface area contributed by atoms with Gasteiger partial charge >= 0.3 is 0 Å². The molecule has 0 saturated heterocycles. The van der Waals surface area contributed by atoms with Crippen molar-refractivity contribution in [2.45, 2.75) is 18.9 Å². The number of phenols is 1. The second-order valence-corrected chi connectivity index (χ2v) is 6.83. The van der Waals surface area contributed by atoms with Gasteiger partial charge in [0.05, 0.1) is 11.6 Å². The number of aliphatic hydroxyl groups excluding tert-OH is 1. The number of aromatic amines is 1. The smallest absolute Gasteiger partial charge is 0.125 e. The summed E-state index contributed by atoms with van der Waals surface area (Å²) in [5, 5.41) is 25.9. The molecule has 1 atom stereocenters. The first-order chi connectivity index (χ1) is 13.2. The van der Waals surface area contributed by atoms with Gasteiger partial charge in [0.15, 0.2) is 0 Å².